The zero-order chi connectivity index (χ0) is 17.5. The first-order valence-electron chi connectivity index (χ1n) is 7.88. The number of anilines is 2. The quantitative estimate of drug-likeness (QED) is 0.819. The van der Waals surface area contributed by atoms with E-state index in [2.05, 4.69) is 19.2 Å². The molecular weight excluding hydrogens is 304 g/mol. The number of carbonyl (C=O) groups is 2. The summed E-state index contributed by atoms with van der Waals surface area (Å²) in [5.74, 6) is -0.937. The molecule has 2 aromatic carbocycles. The minimum absolute atomic E-state index is 0.0251. The van der Waals surface area contributed by atoms with Crippen LogP contribution in [0.4, 0.5) is 11.4 Å². The van der Waals surface area contributed by atoms with Crippen LogP contribution >= 0.6 is 0 Å². The average molecular weight is 326 g/mol. The van der Waals surface area contributed by atoms with Gasteiger partial charge >= 0.3 is 5.97 Å². The standard InChI is InChI=1S/C19H22N2O3/c1-14(2)16-10-6-7-11-17(16)20-18(22)12-21(13-19(23)24)15-8-4-3-5-9-15/h3-11,14H,12-13H2,1-2H3,(H,20,22)(H,23,24). The van der Waals surface area contributed by atoms with Gasteiger partial charge in [0.15, 0.2) is 0 Å². The number of nitrogens with zero attached hydrogens (tertiary/aromatic N) is 1. The van der Waals surface area contributed by atoms with Crippen molar-refractivity contribution < 1.29 is 14.7 Å². The third-order valence-electron chi connectivity index (χ3n) is 3.64. The largest absolute Gasteiger partial charge is 0.480 e. The van der Waals surface area contributed by atoms with E-state index in [0.717, 1.165) is 11.3 Å². The molecule has 0 saturated heterocycles. The highest BCUT2D eigenvalue weighted by atomic mass is 16.4. The van der Waals surface area contributed by atoms with Crippen LogP contribution in [0.3, 0.4) is 0 Å². The Bertz CT molecular complexity index is 699. The van der Waals surface area contributed by atoms with Crippen LogP contribution in [0.2, 0.25) is 0 Å². The molecule has 0 aliphatic carbocycles. The van der Waals surface area contributed by atoms with Crippen molar-refractivity contribution in [3.05, 3.63) is 60.2 Å². The molecule has 24 heavy (non-hydrogen) atoms. The lowest BCUT2D eigenvalue weighted by Crippen LogP contribution is -2.37. The topological polar surface area (TPSA) is 69.6 Å². The first-order chi connectivity index (χ1) is 11.5. The molecule has 0 atom stereocenters. The van der Waals surface area contributed by atoms with Gasteiger partial charge in [-0.3, -0.25) is 9.59 Å². The van der Waals surface area contributed by atoms with Crippen molar-refractivity contribution in [2.75, 3.05) is 23.3 Å². The molecule has 0 fully saturated rings. The number of nitrogens with one attached hydrogen (secondary N) is 1. The van der Waals surface area contributed by atoms with Gasteiger partial charge in [-0.05, 0) is 29.7 Å². The molecule has 0 aliphatic heterocycles. The first-order valence-corrected chi connectivity index (χ1v) is 7.88. The molecule has 1 amide bonds. The molecule has 0 saturated carbocycles. The first kappa shape index (κ1) is 17.5. The Morgan fingerprint density at radius 2 is 1.62 bits per heavy atom. The molecule has 2 N–H and O–H groups in total. The van der Waals surface area contributed by atoms with Crippen molar-refractivity contribution in [3.63, 3.8) is 0 Å². The maximum Gasteiger partial charge on any atom is 0.323 e. The van der Waals surface area contributed by atoms with Gasteiger partial charge in [0.05, 0.1) is 6.54 Å². The van der Waals surface area contributed by atoms with Gasteiger partial charge in [-0.1, -0.05) is 50.2 Å². The Kier molecular flexibility index (Phi) is 5.95. The maximum absolute atomic E-state index is 12.4. The van der Waals surface area contributed by atoms with Crippen molar-refractivity contribution in [2.45, 2.75) is 19.8 Å². The van der Waals surface area contributed by atoms with Gasteiger partial charge < -0.3 is 15.3 Å². The van der Waals surface area contributed by atoms with Crippen LogP contribution in [-0.2, 0) is 9.59 Å². The summed E-state index contributed by atoms with van der Waals surface area (Å²) in [6, 6.07) is 16.7. The Morgan fingerprint density at radius 1 is 1.00 bits per heavy atom. The Balaban J connectivity index is 2.12. The molecule has 2 rings (SSSR count). The van der Waals surface area contributed by atoms with E-state index in [1.807, 2.05) is 42.5 Å². The predicted octanol–water partition coefficient (Wildman–Crippen LogP) is 3.34. The second-order valence-electron chi connectivity index (χ2n) is 5.88. The number of benzene rings is 2. The SMILES string of the molecule is CC(C)c1ccccc1NC(=O)CN(CC(=O)O)c1ccccc1. The van der Waals surface area contributed by atoms with Crippen LogP contribution in [0.5, 0.6) is 0 Å². The summed E-state index contributed by atoms with van der Waals surface area (Å²) in [5, 5.41) is 12.0. The number of rotatable bonds is 7. The Morgan fingerprint density at radius 3 is 2.25 bits per heavy atom. The maximum atomic E-state index is 12.4. The molecule has 0 bridgehead atoms. The van der Waals surface area contributed by atoms with Crippen molar-refractivity contribution in [1.29, 1.82) is 0 Å². The zero-order valence-corrected chi connectivity index (χ0v) is 13.9. The highest BCUT2D eigenvalue weighted by Crippen LogP contribution is 2.23. The van der Waals surface area contributed by atoms with E-state index in [-0.39, 0.29) is 24.9 Å². The number of carboxylic acids is 1. The predicted molar refractivity (Wildman–Crippen MR) is 95.5 cm³/mol. The van der Waals surface area contributed by atoms with Crippen LogP contribution in [0.25, 0.3) is 0 Å². The minimum atomic E-state index is -0.978. The fourth-order valence-corrected chi connectivity index (χ4v) is 2.52. The molecular formula is C19H22N2O3. The van der Waals surface area contributed by atoms with Gasteiger partial charge in [0.1, 0.15) is 6.54 Å². The van der Waals surface area contributed by atoms with Crippen molar-refractivity contribution >= 4 is 23.3 Å². The van der Waals surface area contributed by atoms with E-state index in [4.69, 9.17) is 5.11 Å². The van der Waals surface area contributed by atoms with Crippen molar-refractivity contribution in [1.82, 2.24) is 0 Å². The van der Waals surface area contributed by atoms with E-state index in [1.165, 1.54) is 4.90 Å². The lowest BCUT2D eigenvalue weighted by Gasteiger charge is -2.23. The number of hydrogen-bond acceptors (Lipinski definition) is 3. The molecule has 0 spiro atoms. The van der Waals surface area contributed by atoms with Gasteiger partial charge in [-0.2, -0.15) is 0 Å². The van der Waals surface area contributed by atoms with Crippen LogP contribution < -0.4 is 10.2 Å². The number of amides is 1. The van der Waals surface area contributed by atoms with E-state index in [9.17, 15) is 9.59 Å². The normalized spacial score (nSPS) is 10.5. The molecule has 0 unspecified atom stereocenters. The summed E-state index contributed by atoms with van der Waals surface area (Å²) in [6.07, 6.45) is 0. The highest BCUT2D eigenvalue weighted by Gasteiger charge is 2.16. The molecule has 0 radical (unpaired) electrons. The second-order valence-corrected chi connectivity index (χ2v) is 5.88. The molecule has 0 aromatic heterocycles. The summed E-state index contributed by atoms with van der Waals surface area (Å²) >= 11 is 0. The summed E-state index contributed by atoms with van der Waals surface area (Å²) in [5.41, 5.74) is 2.52. The molecule has 5 nitrogen and oxygen atoms in total. The lowest BCUT2D eigenvalue weighted by atomic mass is 10.0. The third-order valence-corrected chi connectivity index (χ3v) is 3.64. The van der Waals surface area contributed by atoms with Gasteiger partial charge in [0, 0.05) is 11.4 Å². The number of para-hydroxylation sites is 2. The smallest absolute Gasteiger partial charge is 0.323 e. The van der Waals surface area contributed by atoms with Crippen LogP contribution in [-0.4, -0.2) is 30.1 Å². The monoisotopic (exact) mass is 326 g/mol. The molecule has 0 aliphatic rings. The fraction of sp³-hybridized carbons (Fsp3) is 0.263. The number of carboxylic acid groups (broad SMARTS) is 1. The van der Waals surface area contributed by atoms with Crippen molar-refractivity contribution in [2.24, 2.45) is 0 Å². The summed E-state index contributed by atoms with van der Waals surface area (Å²) in [7, 11) is 0. The number of carbonyl (C=O) groups excluding carboxylic acids is 1. The molecule has 126 valence electrons. The third kappa shape index (κ3) is 4.84. The van der Waals surface area contributed by atoms with Crippen LogP contribution in [0.15, 0.2) is 54.6 Å². The summed E-state index contributed by atoms with van der Waals surface area (Å²) < 4.78 is 0. The van der Waals surface area contributed by atoms with Gasteiger partial charge in [0.2, 0.25) is 5.91 Å². The fourth-order valence-electron chi connectivity index (χ4n) is 2.52. The van der Waals surface area contributed by atoms with Crippen LogP contribution in [0, 0.1) is 0 Å². The Labute approximate surface area is 141 Å². The summed E-state index contributed by atoms with van der Waals surface area (Å²) in [6.45, 7) is 3.86. The van der Waals surface area contributed by atoms with Crippen molar-refractivity contribution in [3.8, 4) is 0 Å². The van der Waals surface area contributed by atoms with E-state index in [1.54, 1.807) is 12.1 Å². The molecule has 2 aromatic rings. The van der Waals surface area contributed by atoms with Gasteiger partial charge in [0.25, 0.3) is 0 Å². The van der Waals surface area contributed by atoms with Gasteiger partial charge in [-0.15, -0.1) is 0 Å². The molecule has 0 heterocycles. The van der Waals surface area contributed by atoms with Crippen LogP contribution in [0.1, 0.15) is 25.3 Å². The average Bonchev–Trinajstić information content (AvgIpc) is 2.55. The van der Waals surface area contributed by atoms with E-state index in [0.29, 0.717) is 5.69 Å². The minimum Gasteiger partial charge on any atom is -0.480 e. The Hall–Kier alpha value is -2.82. The second kappa shape index (κ2) is 8.15. The zero-order valence-electron chi connectivity index (χ0n) is 13.9. The number of aliphatic carboxylic acids is 1. The van der Waals surface area contributed by atoms with E-state index >= 15 is 0 Å². The highest BCUT2D eigenvalue weighted by molar-refractivity contribution is 5.95. The van der Waals surface area contributed by atoms with Gasteiger partial charge in [-0.25, -0.2) is 0 Å². The summed E-state index contributed by atoms with van der Waals surface area (Å²) in [4.78, 5) is 25.0. The van der Waals surface area contributed by atoms with E-state index < -0.39 is 5.97 Å². The molecule has 5 heteroatoms. The number of hydrogen-bond donors (Lipinski definition) is 2. The lowest BCUT2D eigenvalue weighted by molar-refractivity contribution is -0.135.